The number of hydrogen-bond acceptors (Lipinski definition) is 5. The van der Waals surface area contributed by atoms with Crippen molar-refractivity contribution in [3.05, 3.63) is 0 Å². The number of hydrogen-bond donors (Lipinski definition) is 2. The molecule has 17 heavy (non-hydrogen) atoms. The lowest BCUT2D eigenvalue weighted by molar-refractivity contribution is 0.0130. The number of thioether (sulfide) groups is 1. The molecule has 0 aliphatic heterocycles. The molecule has 1 fully saturated rings. The van der Waals surface area contributed by atoms with Gasteiger partial charge in [0.15, 0.2) is 0 Å². The normalized spacial score (nSPS) is 26.3. The zero-order valence-electron chi connectivity index (χ0n) is 10.9. The van der Waals surface area contributed by atoms with Gasteiger partial charge in [-0.05, 0) is 19.1 Å². The Kier molecular flexibility index (Phi) is 8.22. The van der Waals surface area contributed by atoms with Crippen LogP contribution in [0.5, 0.6) is 0 Å². The molecule has 1 saturated carbocycles. The maximum absolute atomic E-state index is 9.73. The number of aliphatic hydroxyl groups is 1. The summed E-state index contributed by atoms with van der Waals surface area (Å²) in [5.74, 6) is 0. The Morgan fingerprint density at radius 2 is 2.24 bits per heavy atom. The van der Waals surface area contributed by atoms with Crippen LogP contribution in [0.3, 0.4) is 0 Å². The van der Waals surface area contributed by atoms with Gasteiger partial charge < -0.3 is 19.9 Å². The van der Waals surface area contributed by atoms with E-state index in [0.29, 0.717) is 37.7 Å². The number of methoxy groups -OCH3 is 1. The summed E-state index contributed by atoms with van der Waals surface area (Å²) in [5.41, 5.74) is 0. The van der Waals surface area contributed by atoms with Crippen molar-refractivity contribution >= 4 is 11.8 Å². The number of nitrogens with one attached hydrogen (secondary N) is 1. The van der Waals surface area contributed by atoms with Crippen LogP contribution >= 0.6 is 11.8 Å². The summed E-state index contributed by atoms with van der Waals surface area (Å²) in [6.45, 7) is 2.13. The third-order valence-corrected chi connectivity index (χ3v) is 4.28. The summed E-state index contributed by atoms with van der Waals surface area (Å²) in [5, 5.41) is 13.9. The number of rotatable bonds is 9. The molecular weight excluding hydrogens is 238 g/mol. The van der Waals surface area contributed by atoms with Crippen LogP contribution in [0.4, 0.5) is 0 Å². The lowest BCUT2D eigenvalue weighted by Gasteiger charge is -2.21. The third-order valence-electron chi connectivity index (χ3n) is 3.11. The second-order valence-corrected chi connectivity index (χ2v) is 5.52. The first kappa shape index (κ1) is 15.2. The molecule has 2 N–H and O–H groups in total. The summed E-state index contributed by atoms with van der Waals surface area (Å²) >= 11 is 1.92. The van der Waals surface area contributed by atoms with Crippen molar-refractivity contribution in [3.63, 3.8) is 0 Å². The molecule has 1 aliphatic carbocycles. The van der Waals surface area contributed by atoms with E-state index in [2.05, 4.69) is 11.6 Å². The van der Waals surface area contributed by atoms with Crippen molar-refractivity contribution in [2.75, 3.05) is 39.7 Å². The van der Waals surface area contributed by atoms with E-state index in [0.717, 1.165) is 0 Å². The van der Waals surface area contributed by atoms with E-state index in [9.17, 15) is 5.11 Å². The Hall–Kier alpha value is 0.190. The summed E-state index contributed by atoms with van der Waals surface area (Å²) in [6, 6.07) is 0.554. The number of aliphatic hydroxyl groups excluding tert-OH is 1. The van der Waals surface area contributed by atoms with Gasteiger partial charge in [0, 0.05) is 24.9 Å². The maximum atomic E-state index is 9.73. The summed E-state index contributed by atoms with van der Waals surface area (Å²) < 4.78 is 10.2. The average Bonchev–Trinajstić information content (AvgIpc) is 2.79. The highest BCUT2D eigenvalue weighted by atomic mass is 32.2. The molecule has 0 amide bonds. The lowest BCUT2D eigenvalue weighted by atomic mass is 10.2. The highest BCUT2D eigenvalue weighted by Gasteiger charge is 2.26. The van der Waals surface area contributed by atoms with Gasteiger partial charge in [-0.2, -0.15) is 11.8 Å². The molecule has 3 unspecified atom stereocenters. The standard InChI is InChI=1S/C12H25NO3S/c1-15-6-7-16-9-10(14)8-13-11-4-3-5-12(11)17-2/h10-14H,3-9H2,1-2H3. The molecule has 1 aliphatic rings. The first-order valence-electron chi connectivity index (χ1n) is 6.28. The van der Waals surface area contributed by atoms with Crippen LogP contribution in [0.1, 0.15) is 19.3 Å². The first-order chi connectivity index (χ1) is 8.27. The van der Waals surface area contributed by atoms with E-state index in [1.807, 2.05) is 11.8 Å². The van der Waals surface area contributed by atoms with Crippen LogP contribution in [0, 0.1) is 0 Å². The van der Waals surface area contributed by atoms with Gasteiger partial charge in [-0.1, -0.05) is 6.42 Å². The molecule has 5 heteroatoms. The van der Waals surface area contributed by atoms with E-state index in [4.69, 9.17) is 9.47 Å². The molecule has 0 aromatic rings. The molecule has 0 heterocycles. The highest BCUT2D eigenvalue weighted by Crippen LogP contribution is 2.28. The van der Waals surface area contributed by atoms with Gasteiger partial charge in [-0.15, -0.1) is 0 Å². The van der Waals surface area contributed by atoms with Gasteiger partial charge in [0.2, 0.25) is 0 Å². The van der Waals surface area contributed by atoms with Gasteiger partial charge in [0.25, 0.3) is 0 Å². The van der Waals surface area contributed by atoms with Gasteiger partial charge in [0.1, 0.15) is 0 Å². The van der Waals surface area contributed by atoms with Gasteiger partial charge in [-0.25, -0.2) is 0 Å². The summed E-state index contributed by atoms with van der Waals surface area (Å²) in [4.78, 5) is 0. The molecule has 0 radical (unpaired) electrons. The van der Waals surface area contributed by atoms with Gasteiger partial charge in [0.05, 0.1) is 25.9 Å². The fraction of sp³-hybridized carbons (Fsp3) is 1.00. The monoisotopic (exact) mass is 263 g/mol. The fourth-order valence-electron chi connectivity index (χ4n) is 2.15. The second kappa shape index (κ2) is 9.16. The van der Waals surface area contributed by atoms with Crippen molar-refractivity contribution in [3.8, 4) is 0 Å². The van der Waals surface area contributed by atoms with Crippen LogP contribution in [0.2, 0.25) is 0 Å². The van der Waals surface area contributed by atoms with Crippen LogP contribution in [-0.2, 0) is 9.47 Å². The quantitative estimate of drug-likeness (QED) is 0.605. The van der Waals surface area contributed by atoms with E-state index in [1.165, 1.54) is 19.3 Å². The Bertz CT molecular complexity index is 195. The minimum absolute atomic E-state index is 0.382. The minimum atomic E-state index is -0.421. The minimum Gasteiger partial charge on any atom is -0.389 e. The molecule has 1 rings (SSSR count). The average molecular weight is 263 g/mol. The zero-order valence-corrected chi connectivity index (χ0v) is 11.7. The topological polar surface area (TPSA) is 50.7 Å². The summed E-state index contributed by atoms with van der Waals surface area (Å²) in [6.07, 6.45) is 5.55. The van der Waals surface area contributed by atoms with Crippen molar-refractivity contribution in [2.45, 2.75) is 36.7 Å². The first-order valence-corrected chi connectivity index (χ1v) is 7.57. The SMILES string of the molecule is COCCOCC(O)CNC1CCCC1SC. The largest absolute Gasteiger partial charge is 0.389 e. The van der Waals surface area contributed by atoms with Crippen LogP contribution in [0.25, 0.3) is 0 Å². The number of ether oxygens (including phenoxy) is 2. The van der Waals surface area contributed by atoms with Crippen molar-refractivity contribution < 1.29 is 14.6 Å². The smallest absolute Gasteiger partial charge is 0.0897 e. The van der Waals surface area contributed by atoms with Crippen molar-refractivity contribution in [1.29, 1.82) is 0 Å². The second-order valence-electron chi connectivity index (χ2n) is 4.44. The van der Waals surface area contributed by atoms with Crippen molar-refractivity contribution in [2.24, 2.45) is 0 Å². The molecule has 3 atom stereocenters. The third kappa shape index (κ3) is 6.06. The van der Waals surface area contributed by atoms with Crippen molar-refractivity contribution in [1.82, 2.24) is 5.32 Å². The lowest BCUT2D eigenvalue weighted by Crippen LogP contribution is -2.40. The van der Waals surface area contributed by atoms with Gasteiger partial charge >= 0.3 is 0 Å². The van der Waals surface area contributed by atoms with E-state index < -0.39 is 6.10 Å². The van der Waals surface area contributed by atoms with E-state index >= 15 is 0 Å². The Balaban J connectivity index is 2.04. The zero-order chi connectivity index (χ0) is 12.5. The van der Waals surface area contributed by atoms with E-state index in [1.54, 1.807) is 7.11 Å². The predicted octanol–water partition coefficient (Wildman–Crippen LogP) is 0.884. The molecule has 4 nitrogen and oxygen atoms in total. The summed E-state index contributed by atoms with van der Waals surface area (Å²) in [7, 11) is 1.64. The molecule has 0 aromatic heterocycles. The Morgan fingerprint density at radius 1 is 1.41 bits per heavy atom. The maximum Gasteiger partial charge on any atom is 0.0897 e. The molecule has 0 bridgehead atoms. The van der Waals surface area contributed by atoms with Gasteiger partial charge in [-0.3, -0.25) is 0 Å². The molecule has 0 saturated heterocycles. The predicted molar refractivity (Wildman–Crippen MR) is 71.6 cm³/mol. The molecule has 0 spiro atoms. The highest BCUT2D eigenvalue weighted by molar-refractivity contribution is 7.99. The molecular formula is C12H25NO3S. The van der Waals surface area contributed by atoms with Crippen LogP contribution in [0.15, 0.2) is 0 Å². The van der Waals surface area contributed by atoms with Crippen LogP contribution in [-0.4, -0.2) is 62.2 Å². The van der Waals surface area contributed by atoms with E-state index in [-0.39, 0.29) is 0 Å². The van der Waals surface area contributed by atoms with Crippen LogP contribution < -0.4 is 5.32 Å². The molecule has 0 aromatic carbocycles. The Labute approximate surface area is 108 Å². The molecule has 102 valence electrons. The Morgan fingerprint density at radius 3 is 2.94 bits per heavy atom. The fourth-order valence-corrected chi connectivity index (χ4v) is 3.11.